The van der Waals surface area contributed by atoms with E-state index in [1.165, 1.54) is 0 Å². The summed E-state index contributed by atoms with van der Waals surface area (Å²) < 4.78 is 11.5. The molecule has 1 fully saturated rings. The first-order valence-electron chi connectivity index (χ1n) is 12.9. The first kappa shape index (κ1) is 26.7. The highest BCUT2D eigenvalue weighted by Gasteiger charge is 2.25. The van der Waals surface area contributed by atoms with Gasteiger partial charge in [-0.05, 0) is 72.2 Å². The van der Waals surface area contributed by atoms with Gasteiger partial charge < -0.3 is 19.3 Å². The van der Waals surface area contributed by atoms with Crippen molar-refractivity contribution in [3.05, 3.63) is 94.1 Å². The number of amides is 1. The summed E-state index contributed by atoms with van der Waals surface area (Å²) in [5, 5.41) is 13.8. The third-order valence-electron chi connectivity index (χ3n) is 7.27. The van der Waals surface area contributed by atoms with Crippen LogP contribution in [0, 0.1) is 12.8 Å². The quantitative estimate of drug-likeness (QED) is 0.265. The van der Waals surface area contributed by atoms with Crippen molar-refractivity contribution in [1.29, 1.82) is 0 Å². The smallest absolute Gasteiger partial charge is 0.276 e. The van der Waals surface area contributed by atoms with E-state index < -0.39 is 0 Å². The lowest BCUT2D eigenvalue weighted by molar-refractivity contribution is 0.0641. The molecule has 0 spiro atoms. The maximum atomic E-state index is 12.9. The summed E-state index contributed by atoms with van der Waals surface area (Å²) in [5.74, 6) is 1.14. The Kier molecular flexibility index (Phi) is 8.10. The molecule has 1 aliphatic heterocycles. The van der Waals surface area contributed by atoms with Crippen molar-refractivity contribution in [2.24, 2.45) is 5.92 Å². The van der Waals surface area contributed by atoms with Crippen LogP contribution in [-0.2, 0) is 6.61 Å². The molecule has 0 bridgehead atoms. The lowest BCUT2D eigenvalue weighted by Crippen LogP contribution is -2.39. The van der Waals surface area contributed by atoms with Crippen LogP contribution in [0.1, 0.15) is 44.8 Å². The molecule has 5 rings (SSSR count). The molecule has 0 saturated carbocycles. The van der Waals surface area contributed by atoms with Crippen LogP contribution < -0.4 is 4.74 Å². The van der Waals surface area contributed by atoms with E-state index in [0.29, 0.717) is 41.8 Å². The lowest BCUT2D eigenvalue weighted by Gasteiger charge is -2.30. The van der Waals surface area contributed by atoms with Crippen LogP contribution in [0.3, 0.4) is 0 Å². The van der Waals surface area contributed by atoms with Gasteiger partial charge in [0.15, 0.2) is 11.5 Å². The Labute approximate surface area is 232 Å². The fraction of sp³-hybridized carbons (Fsp3) is 0.258. The zero-order valence-electron chi connectivity index (χ0n) is 21.6. The first-order chi connectivity index (χ1) is 19.0. The minimum absolute atomic E-state index is 0.151. The number of aliphatic hydroxyl groups excluding tert-OH is 1. The predicted octanol–water partition coefficient (Wildman–Crippen LogP) is 6.21. The molecule has 0 atom stereocenters. The van der Waals surface area contributed by atoms with Crippen LogP contribution >= 0.6 is 11.6 Å². The van der Waals surface area contributed by atoms with Gasteiger partial charge in [0.1, 0.15) is 18.6 Å². The average Bonchev–Trinajstić information content (AvgIpc) is 3.47. The molecule has 4 aromatic rings. The SMILES string of the molecule is Cc1c(COc2ccc(C=O)cc2Cl)cccc1-c1cccc(-c2cc(C(=O)N3CCC(CO)CC3)no2)c1. The molecule has 1 N–H and O–H groups in total. The van der Waals surface area contributed by atoms with Gasteiger partial charge in [-0.1, -0.05) is 53.2 Å². The Morgan fingerprint density at radius 1 is 1.10 bits per heavy atom. The maximum Gasteiger partial charge on any atom is 0.276 e. The Bertz CT molecular complexity index is 1490. The van der Waals surface area contributed by atoms with Crippen molar-refractivity contribution in [1.82, 2.24) is 10.1 Å². The van der Waals surface area contributed by atoms with Crippen LogP contribution in [0.2, 0.25) is 5.02 Å². The predicted molar refractivity (Wildman–Crippen MR) is 149 cm³/mol. The number of rotatable bonds is 8. The number of aromatic nitrogens is 1. The highest BCUT2D eigenvalue weighted by molar-refractivity contribution is 6.32. The van der Waals surface area contributed by atoms with Crippen molar-refractivity contribution < 1.29 is 24.0 Å². The Hall–Kier alpha value is -3.94. The van der Waals surface area contributed by atoms with Crippen molar-refractivity contribution in [2.45, 2.75) is 26.4 Å². The van der Waals surface area contributed by atoms with Crippen LogP contribution in [0.5, 0.6) is 5.75 Å². The monoisotopic (exact) mass is 544 g/mol. The van der Waals surface area contributed by atoms with Crippen molar-refractivity contribution in [2.75, 3.05) is 19.7 Å². The number of nitrogens with zero attached hydrogens (tertiary/aromatic N) is 2. The molecule has 39 heavy (non-hydrogen) atoms. The molecule has 8 heteroatoms. The molecule has 1 amide bonds. The molecule has 7 nitrogen and oxygen atoms in total. The highest BCUT2D eigenvalue weighted by atomic mass is 35.5. The van der Waals surface area contributed by atoms with Gasteiger partial charge in [-0.15, -0.1) is 0 Å². The summed E-state index contributed by atoms with van der Waals surface area (Å²) in [5.41, 5.74) is 5.71. The average molecular weight is 545 g/mol. The number of aldehydes is 1. The molecule has 200 valence electrons. The lowest BCUT2D eigenvalue weighted by atomic mass is 9.95. The van der Waals surface area contributed by atoms with E-state index >= 15 is 0 Å². The van der Waals surface area contributed by atoms with Gasteiger partial charge in [-0.3, -0.25) is 9.59 Å². The minimum atomic E-state index is -0.151. The first-order valence-corrected chi connectivity index (χ1v) is 13.3. The third kappa shape index (κ3) is 5.90. The van der Waals surface area contributed by atoms with Gasteiger partial charge in [0.2, 0.25) is 0 Å². The standard InChI is InChI=1S/C31H29ClN2O5/c1-20-25(19-38-29-9-8-22(18-36)14-27(29)32)6-3-7-26(20)23-4-2-5-24(15-23)30-16-28(33-39-30)31(37)34-12-10-21(17-35)11-13-34/h2-9,14-16,18,21,35H,10-13,17,19H2,1H3. The number of halogens is 1. The van der Waals surface area contributed by atoms with E-state index in [2.05, 4.69) is 11.2 Å². The van der Waals surface area contributed by atoms with Crippen LogP contribution in [0.15, 0.2) is 71.3 Å². The molecule has 3 aromatic carbocycles. The molecular formula is C31H29ClN2O5. The van der Waals surface area contributed by atoms with E-state index in [1.54, 1.807) is 29.2 Å². The summed E-state index contributed by atoms with van der Waals surface area (Å²) in [6.45, 7) is 3.74. The summed E-state index contributed by atoms with van der Waals surface area (Å²) in [6, 6.07) is 20.6. The maximum absolute atomic E-state index is 12.9. The molecular weight excluding hydrogens is 516 g/mol. The van der Waals surface area contributed by atoms with Gasteiger partial charge >= 0.3 is 0 Å². The molecule has 0 unspecified atom stereocenters. The van der Waals surface area contributed by atoms with E-state index in [0.717, 1.165) is 46.9 Å². The van der Waals surface area contributed by atoms with E-state index in [9.17, 15) is 14.7 Å². The molecule has 1 aromatic heterocycles. The van der Waals surface area contributed by atoms with Gasteiger partial charge in [-0.2, -0.15) is 0 Å². The van der Waals surface area contributed by atoms with Gasteiger partial charge in [0, 0.05) is 36.9 Å². The third-order valence-corrected chi connectivity index (χ3v) is 7.56. The van der Waals surface area contributed by atoms with E-state index in [1.807, 2.05) is 43.3 Å². The number of aliphatic hydroxyl groups is 1. The van der Waals surface area contributed by atoms with E-state index in [4.69, 9.17) is 20.9 Å². The number of ether oxygens (including phenoxy) is 1. The number of hydrogen-bond donors (Lipinski definition) is 1. The normalized spacial score (nSPS) is 13.9. The van der Waals surface area contributed by atoms with Crippen molar-refractivity contribution >= 4 is 23.8 Å². The number of benzene rings is 3. The summed E-state index contributed by atoms with van der Waals surface area (Å²) in [7, 11) is 0. The van der Waals surface area contributed by atoms with Gasteiger partial charge in [-0.25, -0.2) is 0 Å². The molecule has 0 radical (unpaired) electrons. The van der Waals surface area contributed by atoms with Crippen LogP contribution in [-0.4, -0.2) is 47.1 Å². The number of hydrogen-bond acceptors (Lipinski definition) is 6. The Balaban J connectivity index is 1.32. The zero-order valence-corrected chi connectivity index (χ0v) is 22.4. The summed E-state index contributed by atoms with van der Waals surface area (Å²) in [4.78, 5) is 25.7. The number of carbonyl (C=O) groups excluding carboxylic acids is 2. The number of piperidine rings is 1. The van der Waals surface area contributed by atoms with Crippen molar-refractivity contribution in [3.63, 3.8) is 0 Å². The second-order valence-electron chi connectivity index (χ2n) is 9.76. The zero-order chi connectivity index (χ0) is 27.4. The number of carbonyl (C=O) groups is 2. The molecule has 1 aliphatic rings. The Morgan fingerprint density at radius 3 is 2.62 bits per heavy atom. The van der Waals surface area contributed by atoms with Crippen LogP contribution in [0.25, 0.3) is 22.5 Å². The minimum Gasteiger partial charge on any atom is -0.487 e. The molecule has 2 heterocycles. The second kappa shape index (κ2) is 11.8. The van der Waals surface area contributed by atoms with Gasteiger partial charge in [0.25, 0.3) is 5.91 Å². The largest absolute Gasteiger partial charge is 0.487 e. The van der Waals surface area contributed by atoms with E-state index in [-0.39, 0.29) is 24.1 Å². The van der Waals surface area contributed by atoms with Gasteiger partial charge in [0.05, 0.1) is 5.02 Å². The topological polar surface area (TPSA) is 92.9 Å². The second-order valence-corrected chi connectivity index (χ2v) is 10.2. The number of likely N-dealkylation sites (tertiary alicyclic amines) is 1. The molecule has 0 aliphatic carbocycles. The highest BCUT2D eigenvalue weighted by Crippen LogP contribution is 2.32. The Morgan fingerprint density at radius 2 is 1.87 bits per heavy atom. The summed E-state index contributed by atoms with van der Waals surface area (Å²) >= 11 is 6.26. The fourth-order valence-electron chi connectivity index (χ4n) is 4.85. The molecule has 1 saturated heterocycles. The summed E-state index contributed by atoms with van der Waals surface area (Å²) in [6.07, 6.45) is 2.33. The van der Waals surface area contributed by atoms with Crippen LogP contribution in [0.4, 0.5) is 0 Å². The van der Waals surface area contributed by atoms with Crippen molar-refractivity contribution in [3.8, 4) is 28.2 Å². The fourth-order valence-corrected chi connectivity index (χ4v) is 5.09.